The van der Waals surface area contributed by atoms with E-state index in [4.69, 9.17) is 0 Å². The van der Waals surface area contributed by atoms with Crippen LogP contribution in [-0.4, -0.2) is 15.3 Å². The van der Waals surface area contributed by atoms with Crippen molar-refractivity contribution in [3.63, 3.8) is 0 Å². The number of nitrogens with one attached hydrogen (secondary N) is 1. The number of imidazole rings is 1. The molecule has 0 saturated heterocycles. The Morgan fingerprint density at radius 1 is 0.857 bits per heavy atom. The van der Waals surface area contributed by atoms with Crippen molar-refractivity contribution in [1.29, 1.82) is 0 Å². The van der Waals surface area contributed by atoms with E-state index in [2.05, 4.69) is 22.4 Å². The van der Waals surface area contributed by atoms with Gasteiger partial charge in [-0.25, -0.2) is 9.37 Å². The summed E-state index contributed by atoms with van der Waals surface area (Å²) in [5, 5.41) is 3.22. The molecule has 5 heteroatoms. The lowest BCUT2D eigenvalue weighted by Crippen LogP contribution is -2.31. The lowest BCUT2D eigenvalue weighted by atomic mass is 9.91. The molecule has 2 atom stereocenters. The minimum Gasteiger partial charge on any atom is -0.349 e. The molecule has 0 aliphatic heterocycles. The van der Waals surface area contributed by atoms with Gasteiger partial charge in [0.1, 0.15) is 11.5 Å². The van der Waals surface area contributed by atoms with Gasteiger partial charge in [-0.2, -0.15) is 0 Å². The molecule has 1 N–H and O–H groups in total. The molecule has 2 heterocycles. The van der Waals surface area contributed by atoms with E-state index in [1.54, 1.807) is 24.4 Å². The first kappa shape index (κ1) is 22.5. The van der Waals surface area contributed by atoms with Crippen LogP contribution in [0, 0.1) is 5.82 Å². The molecule has 0 fully saturated rings. The molecule has 2 aromatic heterocycles. The van der Waals surface area contributed by atoms with Gasteiger partial charge in [-0.15, -0.1) is 0 Å². The van der Waals surface area contributed by atoms with Crippen molar-refractivity contribution in [2.24, 2.45) is 0 Å². The number of hydrogen-bond donors (Lipinski definition) is 1. The Bertz CT molecular complexity index is 1420. The first-order valence-corrected chi connectivity index (χ1v) is 11.7. The molecule has 35 heavy (non-hydrogen) atoms. The second-order valence-electron chi connectivity index (χ2n) is 8.61. The quantitative estimate of drug-likeness (QED) is 0.302. The Hall–Kier alpha value is -4.25. The third-order valence-electron chi connectivity index (χ3n) is 6.29. The van der Waals surface area contributed by atoms with Crippen molar-refractivity contribution in [2.75, 3.05) is 0 Å². The summed E-state index contributed by atoms with van der Waals surface area (Å²) in [4.78, 5) is 18.0. The third kappa shape index (κ3) is 5.14. The number of carbonyl (C=O) groups excluding carboxylic acids is 1. The molecule has 0 radical (unpaired) electrons. The number of pyridine rings is 1. The van der Waals surface area contributed by atoms with E-state index in [1.165, 1.54) is 6.07 Å². The second kappa shape index (κ2) is 10.3. The molecule has 0 aliphatic carbocycles. The number of amides is 1. The Morgan fingerprint density at radius 3 is 2.31 bits per heavy atom. The molecule has 3 aromatic carbocycles. The maximum Gasteiger partial charge on any atom is 0.221 e. The number of halogens is 1. The summed E-state index contributed by atoms with van der Waals surface area (Å²) >= 11 is 0. The van der Waals surface area contributed by atoms with E-state index in [0.717, 1.165) is 22.5 Å². The van der Waals surface area contributed by atoms with E-state index < -0.39 is 5.92 Å². The van der Waals surface area contributed by atoms with Crippen molar-refractivity contribution < 1.29 is 9.18 Å². The van der Waals surface area contributed by atoms with Gasteiger partial charge in [-0.3, -0.25) is 4.79 Å². The van der Waals surface area contributed by atoms with Gasteiger partial charge in [0.25, 0.3) is 0 Å². The molecule has 2 unspecified atom stereocenters. The highest BCUT2D eigenvalue weighted by Gasteiger charge is 2.26. The lowest BCUT2D eigenvalue weighted by Gasteiger charge is -2.22. The van der Waals surface area contributed by atoms with Crippen LogP contribution in [0.1, 0.15) is 40.8 Å². The number of aromatic nitrogens is 2. The van der Waals surface area contributed by atoms with Gasteiger partial charge in [0.2, 0.25) is 5.91 Å². The van der Waals surface area contributed by atoms with E-state index >= 15 is 0 Å². The van der Waals surface area contributed by atoms with Crippen LogP contribution in [0.3, 0.4) is 0 Å². The van der Waals surface area contributed by atoms with Crippen LogP contribution < -0.4 is 5.32 Å². The number of fused-ring (bicyclic) bond motifs is 1. The highest BCUT2D eigenvalue weighted by Crippen LogP contribution is 2.31. The zero-order chi connectivity index (χ0) is 24.0. The van der Waals surface area contributed by atoms with Crippen LogP contribution >= 0.6 is 0 Å². The molecule has 0 spiro atoms. The maximum absolute atomic E-state index is 14.9. The fourth-order valence-electron chi connectivity index (χ4n) is 4.57. The first-order valence-electron chi connectivity index (χ1n) is 11.7. The molecular weight excluding hydrogens is 437 g/mol. The van der Waals surface area contributed by atoms with Gasteiger partial charge in [-0.05, 0) is 41.3 Å². The Morgan fingerprint density at radius 2 is 1.54 bits per heavy atom. The fraction of sp³-hybridized carbons (Fsp3) is 0.133. The summed E-state index contributed by atoms with van der Waals surface area (Å²) in [6, 6.07) is 32.2. The largest absolute Gasteiger partial charge is 0.349 e. The highest BCUT2D eigenvalue weighted by molar-refractivity contribution is 5.78. The smallest absolute Gasteiger partial charge is 0.221 e. The van der Waals surface area contributed by atoms with Crippen LogP contribution in [0.15, 0.2) is 116 Å². The van der Waals surface area contributed by atoms with Crippen LogP contribution in [0.25, 0.3) is 5.65 Å². The topological polar surface area (TPSA) is 46.4 Å². The summed E-state index contributed by atoms with van der Waals surface area (Å²) in [7, 11) is 0. The number of hydrogen-bond acceptors (Lipinski definition) is 2. The summed E-state index contributed by atoms with van der Waals surface area (Å²) in [6.45, 7) is 0. The minimum atomic E-state index is -0.484. The molecule has 1 amide bonds. The standard InChI is InChI=1S/C30H26FN3O/c31-26-16-8-7-15-24(26)25(28-21-32-29-17-9-10-18-34(28)29)20-30(35)33-27(23-13-5-2-6-14-23)19-22-11-3-1-4-12-22/h1-18,21,25,27H,19-20H2,(H,33,35). The molecule has 0 bridgehead atoms. The molecule has 0 saturated carbocycles. The second-order valence-corrected chi connectivity index (χ2v) is 8.61. The molecule has 174 valence electrons. The average Bonchev–Trinajstić information content (AvgIpc) is 3.33. The van der Waals surface area contributed by atoms with Crippen molar-refractivity contribution in [2.45, 2.75) is 24.8 Å². The summed E-state index contributed by atoms with van der Waals surface area (Å²) in [6.07, 6.45) is 4.39. The Labute approximate surface area is 204 Å². The predicted molar refractivity (Wildman–Crippen MR) is 136 cm³/mol. The van der Waals surface area contributed by atoms with Gasteiger partial charge in [0.05, 0.1) is 11.7 Å². The third-order valence-corrected chi connectivity index (χ3v) is 6.29. The minimum absolute atomic E-state index is 0.0990. The van der Waals surface area contributed by atoms with Crippen LogP contribution in [0.5, 0.6) is 0 Å². The molecule has 5 rings (SSSR count). The van der Waals surface area contributed by atoms with Gasteiger partial charge >= 0.3 is 0 Å². The van der Waals surface area contributed by atoms with Gasteiger partial charge < -0.3 is 9.72 Å². The zero-order valence-corrected chi connectivity index (χ0v) is 19.2. The lowest BCUT2D eigenvalue weighted by molar-refractivity contribution is -0.122. The summed E-state index contributed by atoms with van der Waals surface area (Å²) in [5.41, 5.74) is 4.18. The first-order chi connectivity index (χ1) is 17.2. The Balaban J connectivity index is 1.45. The zero-order valence-electron chi connectivity index (χ0n) is 19.2. The molecule has 0 aliphatic rings. The van der Waals surface area contributed by atoms with E-state index in [1.807, 2.05) is 77.3 Å². The van der Waals surface area contributed by atoms with Gasteiger partial charge in [0, 0.05) is 24.7 Å². The van der Waals surface area contributed by atoms with Crippen molar-refractivity contribution in [3.05, 3.63) is 144 Å². The monoisotopic (exact) mass is 463 g/mol. The SMILES string of the molecule is O=C(CC(c1ccccc1F)c1cnc2ccccn12)NC(Cc1ccccc1)c1ccccc1. The summed E-state index contributed by atoms with van der Waals surface area (Å²) in [5.74, 6) is -0.962. The molecule has 5 aromatic rings. The van der Waals surface area contributed by atoms with Crippen LogP contribution in [0.2, 0.25) is 0 Å². The number of rotatable bonds is 8. The number of carbonyl (C=O) groups is 1. The van der Waals surface area contributed by atoms with Crippen molar-refractivity contribution >= 4 is 11.6 Å². The van der Waals surface area contributed by atoms with Crippen molar-refractivity contribution in [1.82, 2.24) is 14.7 Å². The highest BCUT2D eigenvalue weighted by atomic mass is 19.1. The molecule has 4 nitrogen and oxygen atoms in total. The van der Waals surface area contributed by atoms with Gasteiger partial charge in [-0.1, -0.05) is 84.9 Å². The number of benzene rings is 3. The van der Waals surface area contributed by atoms with E-state index in [9.17, 15) is 9.18 Å². The van der Waals surface area contributed by atoms with Crippen molar-refractivity contribution in [3.8, 4) is 0 Å². The predicted octanol–water partition coefficient (Wildman–Crippen LogP) is 6.10. The number of nitrogens with zero attached hydrogens (tertiary/aromatic N) is 2. The van der Waals surface area contributed by atoms with Crippen LogP contribution in [-0.2, 0) is 11.2 Å². The average molecular weight is 464 g/mol. The normalized spacial score (nSPS) is 12.8. The maximum atomic E-state index is 14.9. The summed E-state index contributed by atoms with van der Waals surface area (Å²) < 4.78 is 16.9. The Kier molecular flexibility index (Phi) is 6.66. The van der Waals surface area contributed by atoms with Gasteiger partial charge in [0.15, 0.2) is 0 Å². The van der Waals surface area contributed by atoms with E-state index in [-0.39, 0.29) is 24.2 Å². The van der Waals surface area contributed by atoms with E-state index in [0.29, 0.717) is 12.0 Å². The fourth-order valence-corrected chi connectivity index (χ4v) is 4.57. The molecular formula is C30H26FN3O. The van der Waals surface area contributed by atoms with Crippen LogP contribution in [0.4, 0.5) is 4.39 Å².